The van der Waals surface area contributed by atoms with Crippen molar-refractivity contribution < 1.29 is 13.9 Å². The molecule has 0 saturated heterocycles. The molecular formula is C30H36FN7O2. The van der Waals surface area contributed by atoms with Crippen molar-refractivity contribution in [3.05, 3.63) is 78.5 Å². The highest BCUT2D eigenvalue weighted by Crippen LogP contribution is 2.29. The first kappa shape index (κ1) is 28.7. The fourth-order valence-electron chi connectivity index (χ4n) is 4.15. The van der Waals surface area contributed by atoms with Crippen LogP contribution >= 0.6 is 0 Å². The first-order valence-electron chi connectivity index (χ1n) is 13.4. The van der Waals surface area contributed by atoms with Crippen molar-refractivity contribution in [3.63, 3.8) is 0 Å². The Morgan fingerprint density at radius 1 is 1.02 bits per heavy atom. The lowest BCUT2D eigenvalue weighted by atomic mass is 9.87. The zero-order chi connectivity index (χ0) is 28.7. The van der Waals surface area contributed by atoms with Crippen LogP contribution in [0.4, 0.5) is 20.6 Å². The van der Waals surface area contributed by atoms with Gasteiger partial charge < -0.3 is 24.8 Å². The van der Waals surface area contributed by atoms with E-state index in [1.54, 1.807) is 30.7 Å². The number of urea groups is 1. The summed E-state index contributed by atoms with van der Waals surface area (Å²) in [5.74, 6) is 0.410. The summed E-state index contributed by atoms with van der Waals surface area (Å²) in [7, 11) is 0. The molecule has 0 aliphatic carbocycles. The van der Waals surface area contributed by atoms with Crippen LogP contribution in [0.5, 0.6) is 11.5 Å². The number of carbonyl (C=O) groups excluding carboxylic acids is 1. The molecule has 0 aliphatic rings. The van der Waals surface area contributed by atoms with Crippen LogP contribution in [-0.4, -0.2) is 50.3 Å². The predicted octanol–water partition coefficient (Wildman–Crippen LogP) is 6.55. The van der Waals surface area contributed by atoms with E-state index < -0.39 is 11.8 Å². The van der Waals surface area contributed by atoms with Gasteiger partial charge in [-0.05, 0) is 54.4 Å². The summed E-state index contributed by atoms with van der Waals surface area (Å²) in [5, 5.41) is 13.7. The number of likely N-dealkylation sites (N-methyl/N-ethyl adjacent to an activating group) is 1. The van der Waals surface area contributed by atoms with E-state index in [1.807, 2.05) is 28.8 Å². The van der Waals surface area contributed by atoms with Crippen LogP contribution in [0, 0.1) is 5.82 Å². The Morgan fingerprint density at radius 2 is 1.77 bits per heavy atom. The minimum Gasteiger partial charge on any atom is -0.454 e. The third-order valence-corrected chi connectivity index (χ3v) is 6.53. The number of nitrogens with zero attached hydrogens (tertiary/aromatic N) is 5. The van der Waals surface area contributed by atoms with E-state index in [-0.39, 0.29) is 11.2 Å². The third kappa shape index (κ3) is 7.41. The van der Waals surface area contributed by atoms with Gasteiger partial charge in [0.2, 0.25) is 0 Å². The van der Waals surface area contributed by atoms with Gasteiger partial charge >= 0.3 is 6.03 Å². The van der Waals surface area contributed by atoms with Gasteiger partial charge in [0.25, 0.3) is 0 Å². The minimum atomic E-state index is -0.617. The minimum absolute atomic E-state index is 0.0176. The summed E-state index contributed by atoms with van der Waals surface area (Å²) >= 11 is 0. The highest BCUT2D eigenvalue weighted by atomic mass is 19.1. The van der Waals surface area contributed by atoms with Gasteiger partial charge in [-0.3, -0.25) is 4.98 Å². The van der Waals surface area contributed by atoms with E-state index in [0.29, 0.717) is 28.6 Å². The first-order chi connectivity index (χ1) is 19.2. The summed E-state index contributed by atoms with van der Waals surface area (Å²) in [6.45, 7) is 14.1. The number of aromatic nitrogens is 4. The zero-order valence-electron chi connectivity index (χ0n) is 23.6. The zero-order valence-corrected chi connectivity index (χ0v) is 23.6. The van der Waals surface area contributed by atoms with Crippen molar-refractivity contribution in [1.29, 1.82) is 0 Å². The Labute approximate surface area is 234 Å². The molecule has 40 heavy (non-hydrogen) atoms. The van der Waals surface area contributed by atoms with Crippen molar-refractivity contribution in [2.75, 3.05) is 30.3 Å². The van der Waals surface area contributed by atoms with E-state index in [0.717, 1.165) is 31.7 Å². The van der Waals surface area contributed by atoms with Gasteiger partial charge in [0, 0.05) is 42.8 Å². The quantitative estimate of drug-likeness (QED) is 0.234. The number of ether oxygens (including phenoxy) is 1. The molecule has 9 nitrogen and oxygen atoms in total. The van der Waals surface area contributed by atoms with Crippen LogP contribution in [0.3, 0.4) is 0 Å². The number of nitrogens with one attached hydrogen (secondary N) is 2. The maximum absolute atomic E-state index is 14.9. The van der Waals surface area contributed by atoms with E-state index in [2.05, 4.69) is 65.3 Å². The Morgan fingerprint density at radius 3 is 2.48 bits per heavy atom. The van der Waals surface area contributed by atoms with E-state index in [9.17, 15) is 9.18 Å². The smallest absolute Gasteiger partial charge is 0.323 e. The lowest BCUT2D eigenvalue weighted by Crippen LogP contribution is -2.27. The lowest BCUT2D eigenvalue weighted by molar-refractivity contribution is 0.262. The molecule has 0 unspecified atom stereocenters. The Balaban J connectivity index is 1.41. The topological polar surface area (TPSA) is 97.2 Å². The van der Waals surface area contributed by atoms with Gasteiger partial charge in [0.15, 0.2) is 17.4 Å². The second-order valence-electron chi connectivity index (χ2n) is 10.4. The van der Waals surface area contributed by atoms with Crippen LogP contribution in [0.1, 0.15) is 40.2 Å². The van der Waals surface area contributed by atoms with E-state index >= 15 is 0 Å². The SMILES string of the molecule is CCN(CC)CCn1cnnc1-c1cc(Oc2ccc(NC(=O)Nc3cccc(C(C)(C)C)c3)cc2F)ccn1. The average molecular weight is 546 g/mol. The Bertz CT molecular complexity index is 1440. The third-order valence-electron chi connectivity index (χ3n) is 6.53. The second kappa shape index (κ2) is 12.7. The standard InChI is InChI=1S/C30H36FN7O2/c1-6-37(7-2)15-16-38-20-33-36-28(38)26-19-24(13-14-32-26)40-27-12-11-23(18-25(27)31)35-29(39)34-22-10-8-9-21(17-22)30(3,4)5/h8-14,17-20H,6-7,15-16H2,1-5H3,(H2,34,35,39). The Kier molecular flexibility index (Phi) is 9.11. The van der Waals surface area contributed by atoms with Crippen molar-refractivity contribution >= 4 is 17.4 Å². The molecule has 4 rings (SSSR count). The van der Waals surface area contributed by atoms with Gasteiger partial charge in [0.05, 0.1) is 0 Å². The summed E-state index contributed by atoms with van der Waals surface area (Å²) in [6, 6.07) is 14.8. The highest BCUT2D eigenvalue weighted by Gasteiger charge is 2.15. The number of pyridine rings is 1. The molecule has 0 saturated carbocycles. The summed E-state index contributed by atoms with van der Waals surface area (Å²) in [5.41, 5.74) is 2.57. The monoisotopic (exact) mass is 545 g/mol. The van der Waals surface area contributed by atoms with Gasteiger partial charge in [-0.25, -0.2) is 9.18 Å². The van der Waals surface area contributed by atoms with Crippen molar-refractivity contribution in [2.24, 2.45) is 0 Å². The lowest BCUT2D eigenvalue weighted by Gasteiger charge is -2.20. The highest BCUT2D eigenvalue weighted by molar-refractivity contribution is 5.99. The molecule has 4 aromatic rings. The van der Waals surface area contributed by atoms with Crippen LogP contribution in [-0.2, 0) is 12.0 Å². The van der Waals surface area contributed by atoms with Crippen LogP contribution < -0.4 is 15.4 Å². The molecule has 2 aromatic heterocycles. The van der Waals surface area contributed by atoms with Crippen LogP contribution in [0.15, 0.2) is 67.1 Å². The molecular weight excluding hydrogens is 509 g/mol. The number of anilines is 2. The molecule has 2 amide bonds. The molecule has 2 aromatic carbocycles. The fraction of sp³-hybridized carbons (Fsp3) is 0.333. The normalized spacial score (nSPS) is 11.5. The average Bonchev–Trinajstić information content (AvgIpc) is 3.39. The molecule has 0 aliphatic heterocycles. The molecule has 210 valence electrons. The molecule has 2 N–H and O–H groups in total. The van der Waals surface area contributed by atoms with E-state index in [4.69, 9.17) is 4.74 Å². The summed E-state index contributed by atoms with van der Waals surface area (Å²) in [6.07, 6.45) is 3.26. The number of benzene rings is 2. The molecule has 0 spiro atoms. The molecule has 0 bridgehead atoms. The van der Waals surface area contributed by atoms with Crippen LogP contribution in [0.2, 0.25) is 0 Å². The van der Waals surface area contributed by atoms with Gasteiger partial charge in [-0.1, -0.05) is 46.8 Å². The number of hydrogen-bond acceptors (Lipinski definition) is 6. The summed E-state index contributed by atoms with van der Waals surface area (Å²) in [4.78, 5) is 19.2. The molecule has 0 atom stereocenters. The first-order valence-corrected chi connectivity index (χ1v) is 13.4. The molecule has 10 heteroatoms. The number of hydrogen-bond donors (Lipinski definition) is 2. The van der Waals surface area contributed by atoms with Crippen molar-refractivity contribution in [2.45, 2.75) is 46.6 Å². The molecule has 2 heterocycles. The summed E-state index contributed by atoms with van der Waals surface area (Å²) < 4.78 is 22.7. The number of carbonyl (C=O) groups is 1. The molecule has 0 fully saturated rings. The fourth-order valence-corrected chi connectivity index (χ4v) is 4.15. The van der Waals surface area contributed by atoms with Crippen molar-refractivity contribution in [3.8, 4) is 23.0 Å². The maximum Gasteiger partial charge on any atom is 0.323 e. The van der Waals surface area contributed by atoms with Gasteiger partial charge in [-0.2, -0.15) is 0 Å². The van der Waals surface area contributed by atoms with Crippen LogP contribution in [0.25, 0.3) is 11.5 Å². The second-order valence-corrected chi connectivity index (χ2v) is 10.4. The van der Waals surface area contributed by atoms with Gasteiger partial charge in [-0.15, -0.1) is 10.2 Å². The number of halogens is 1. The largest absolute Gasteiger partial charge is 0.454 e. The van der Waals surface area contributed by atoms with Gasteiger partial charge in [0.1, 0.15) is 17.8 Å². The Hall–Kier alpha value is -4.31. The van der Waals surface area contributed by atoms with Crippen molar-refractivity contribution in [1.82, 2.24) is 24.6 Å². The van der Waals surface area contributed by atoms with E-state index in [1.165, 1.54) is 12.1 Å². The predicted molar refractivity (Wildman–Crippen MR) is 155 cm³/mol. The molecule has 0 radical (unpaired) electrons. The number of rotatable bonds is 10. The number of amides is 2. The maximum atomic E-state index is 14.9.